The Hall–Kier alpha value is -0.840. The SMILES string of the molecule is NC1C=CC(C(=O)Nc2cc(Br)ccc2Cl)C1. The molecule has 0 bridgehead atoms. The van der Waals surface area contributed by atoms with Crippen molar-refractivity contribution in [3.63, 3.8) is 0 Å². The Balaban J connectivity index is 2.08. The highest BCUT2D eigenvalue weighted by Crippen LogP contribution is 2.27. The van der Waals surface area contributed by atoms with Crippen LogP contribution in [0, 0.1) is 5.92 Å². The standard InChI is InChI=1S/C12H12BrClN2O/c13-8-2-4-10(14)11(6-8)16-12(17)7-1-3-9(15)5-7/h1-4,6-7,9H,5,15H2,(H,16,17). The number of rotatable bonds is 2. The summed E-state index contributed by atoms with van der Waals surface area (Å²) < 4.78 is 0.871. The number of benzene rings is 1. The van der Waals surface area contributed by atoms with Crippen LogP contribution in [0.2, 0.25) is 5.02 Å². The first-order valence-corrected chi connectivity index (χ1v) is 6.43. The molecule has 0 fully saturated rings. The lowest BCUT2D eigenvalue weighted by Crippen LogP contribution is -2.24. The van der Waals surface area contributed by atoms with E-state index >= 15 is 0 Å². The zero-order valence-electron chi connectivity index (χ0n) is 8.99. The van der Waals surface area contributed by atoms with Crippen LogP contribution in [-0.4, -0.2) is 11.9 Å². The molecule has 0 saturated heterocycles. The van der Waals surface area contributed by atoms with Crippen molar-refractivity contribution in [2.24, 2.45) is 11.7 Å². The van der Waals surface area contributed by atoms with Gasteiger partial charge in [-0.25, -0.2) is 0 Å². The molecule has 1 aromatic rings. The molecule has 1 aliphatic carbocycles. The first-order chi connectivity index (χ1) is 8.06. The van der Waals surface area contributed by atoms with Gasteiger partial charge in [-0.05, 0) is 24.6 Å². The van der Waals surface area contributed by atoms with E-state index in [0.29, 0.717) is 17.1 Å². The second kappa shape index (κ2) is 5.21. The summed E-state index contributed by atoms with van der Waals surface area (Å²) in [6.45, 7) is 0. The molecular formula is C12H12BrClN2O. The van der Waals surface area contributed by atoms with Gasteiger partial charge in [0.1, 0.15) is 0 Å². The lowest BCUT2D eigenvalue weighted by molar-refractivity contribution is -0.118. The molecule has 2 rings (SSSR count). The maximum Gasteiger partial charge on any atom is 0.231 e. The second-order valence-electron chi connectivity index (χ2n) is 4.00. The van der Waals surface area contributed by atoms with Crippen molar-refractivity contribution >= 4 is 39.1 Å². The number of carbonyl (C=O) groups excluding carboxylic acids is 1. The van der Waals surface area contributed by atoms with E-state index in [0.717, 1.165) is 4.47 Å². The van der Waals surface area contributed by atoms with E-state index in [9.17, 15) is 4.79 Å². The van der Waals surface area contributed by atoms with Crippen LogP contribution in [0.1, 0.15) is 6.42 Å². The fraction of sp³-hybridized carbons (Fsp3) is 0.250. The molecule has 0 heterocycles. The van der Waals surface area contributed by atoms with Gasteiger partial charge < -0.3 is 11.1 Å². The summed E-state index contributed by atoms with van der Waals surface area (Å²) in [6.07, 6.45) is 4.34. The van der Waals surface area contributed by atoms with Gasteiger partial charge in [0.15, 0.2) is 0 Å². The maximum absolute atomic E-state index is 11.9. The third-order valence-electron chi connectivity index (χ3n) is 2.64. The number of amides is 1. The van der Waals surface area contributed by atoms with Gasteiger partial charge in [-0.1, -0.05) is 39.7 Å². The molecule has 0 spiro atoms. The fourth-order valence-electron chi connectivity index (χ4n) is 1.74. The van der Waals surface area contributed by atoms with Crippen LogP contribution in [0.15, 0.2) is 34.8 Å². The Kier molecular flexibility index (Phi) is 3.86. The Morgan fingerprint density at radius 2 is 2.24 bits per heavy atom. The Morgan fingerprint density at radius 1 is 1.47 bits per heavy atom. The van der Waals surface area contributed by atoms with Gasteiger partial charge in [0.2, 0.25) is 5.91 Å². The lowest BCUT2D eigenvalue weighted by atomic mass is 10.1. The number of carbonyl (C=O) groups is 1. The van der Waals surface area contributed by atoms with Gasteiger partial charge in [-0.2, -0.15) is 0 Å². The van der Waals surface area contributed by atoms with E-state index in [1.54, 1.807) is 12.1 Å². The number of hydrogen-bond acceptors (Lipinski definition) is 2. The van der Waals surface area contributed by atoms with Crippen LogP contribution >= 0.6 is 27.5 Å². The van der Waals surface area contributed by atoms with Gasteiger partial charge in [0.25, 0.3) is 0 Å². The summed E-state index contributed by atoms with van der Waals surface area (Å²) in [5, 5.41) is 3.33. The van der Waals surface area contributed by atoms with E-state index in [1.807, 2.05) is 18.2 Å². The Labute approximate surface area is 113 Å². The quantitative estimate of drug-likeness (QED) is 0.824. The van der Waals surface area contributed by atoms with Crippen LogP contribution in [0.5, 0.6) is 0 Å². The van der Waals surface area contributed by atoms with E-state index in [1.165, 1.54) is 0 Å². The van der Waals surface area contributed by atoms with Crippen LogP contribution in [0.4, 0.5) is 5.69 Å². The molecule has 17 heavy (non-hydrogen) atoms. The van der Waals surface area contributed by atoms with Gasteiger partial charge in [-0.3, -0.25) is 4.79 Å². The molecule has 0 radical (unpaired) electrons. The molecule has 3 nitrogen and oxygen atoms in total. The minimum absolute atomic E-state index is 0.0243. The number of hydrogen-bond donors (Lipinski definition) is 2. The second-order valence-corrected chi connectivity index (χ2v) is 5.33. The summed E-state index contributed by atoms with van der Waals surface area (Å²) in [4.78, 5) is 11.9. The summed E-state index contributed by atoms with van der Waals surface area (Å²) in [5.74, 6) is -0.241. The molecule has 1 amide bonds. The van der Waals surface area contributed by atoms with Gasteiger partial charge in [0.05, 0.1) is 16.6 Å². The van der Waals surface area contributed by atoms with Crippen molar-refractivity contribution in [3.05, 3.63) is 39.8 Å². The van der Waals surface area contributed by atoms with Crippen LogP contribution in [0.3, 0.4) is 0 Å². The minimum Gasteiger partial charge on any atom is -0.324 e. The highest BCUT2D eigenvalue weighted by molar-refractivity contribution is 9.10. The number of nitrogens with one attached hydrogen (secondary N) is 1. The largest absolute Gasteiger partial charge is 0.324 e. The summed E-state index contributed by atoms with van der Waals surface area (Å²) >= 11 is 9.33. The average molecular weight is 316 g/mol. The molecule has 0 aromatic heterocycles. The first kappa shape index (κ1) is 12.6. The fourth-order valence-corrected chi connectivity index (χ4v) is 2.27. The monoisotopic (exact) mass is 314 g/mol. The zero-order chi connectivity index (χ0) is 12.4. The van der Waals surface area contributed by atoms with E-state index < -0.39 is 0 Å². The van der Waals surface area contributed by atoms with E-state index in [-0.39, 0.29) is 17.9 Å². The summed E-state index contributed by atoms with van der Waals surface area (Å²) in [6, 6.07) is 5.31. The van der Waals surface area contributed by atoms with Crippen molar-refractivity contribution in [3.8, 4) is 0 Å². The van der Waals surface area contributed by atoms with Crippen molar-refractivity contribution in [2.75, 3.05) is 5.32 Å². The summed E-state index contributed by atoms with van der Waals surface area (Å²) in [5.41, 5.74) is 6.32. The van der Waals surface area contributed by atoms with Gasteiger partial charge >= 0.3 is 0 Å². The van der Waals surface area contributed by atoms with Crippen molar-refractivity contribution in [2.45, 2.75) is 12.5 Å². The van der Waals surface area contributed by atoms with Crippen molar-refractivity contribution < 1.29 is 4.79 Å². The maximum atomic E-state index is 11.9. The van der Waals surface area contributed by atoms with Crippen LogP contribution in [0.25, 0.3) is 0 Å². The number of nitrogens with two attached hydrogens (primary N) is 1. The van der Waals surface area contributed by atoms with E-state index in [4.69, 9.17) is 17.3 Å². The predicted octanol–water partition coefficient (Wildman–Crippen LogP) is 2.94. The highest BCUT2D eigenvalue weighted by Gasteiger charge is 2.23. The van der Waals surface area contributed by atoms with Crippen molar-refractivity contribution in [1.29, 1.82) is 0 Å². The molecule has 0 aliphatic heterocycles. The molecule has 1 aromatic carbocycles. The molecule has 2 atom stereocenters. The van der Waals surface area contributed by atoms with E-state index in [2.05, 4.69) is 21.2 Å². The Bertz CT molecular complexity index is 476. The Morgan fingerprint density at radius 3 is 2.88 bits per heavy atom. The first-order valence-electron chi connectivity index (χ1n) is 5.26. The van der Waals surface area contributed by atoms with Crippen LogP contribution in [-0.2, 0) is 4.79 Å². The zero-order valence-corrected chi connectivity index (χ0v) is 11.3. The van der Waals surface area contributed by atoms with Crippen molar-refractivity contribution in [1.82, 2.24) is 0 Å². The highest BCUT2D eigenvalue weighted by atomic mass is 79.9. The van der Waals surface area contributed by atoms with Gasteiger partial charge in [0, 0.05) is 10.5 Å². The minimum atomic E-state index is -0.167. The topological polar surface area (TPSA) is 55.1 Å². The smallest absolute Gasteiger partial charge is 0.231 e. The van der Waals surface area contributed by atoms with Crippen LogP contribution < -0.4 is 11.1 Å². The molecule has 0 saturated carbocycles. The van der Waals surface area contributed by atoms with Gasteiger partial charge in [-0.15, -0.1) is 0 Å². The average Bonchev–Trinajstić information content (AvgIpc) is 2.70. The molecule has 2 unspecified atom stereocenters. The predicted molar refractivity (Wildman–Crippen MR) is 73.0 cm³/mol. The molecule has 5 heteroatoms. The molecular weight excluding hydrogens is 304 g/mol. The third kappa shape index (κ3) is 3.09. The number of halogens is 2. The molecule has 3 N–H and O–H groups in total. The normalized spacial score (nSPS) is 22.8. The summed E-state index contributed by atoms with van der Waals surface area (Å²) in [7, 11) is 0. The molecule has 1 aliphatic rings. The third-order valence-corrected chi connectivity index (χ3v) is 3.46. The number of anilines is 1. The molecule has 90 valence electrons. The lowest BCUT2D eigenvalue weighted by Gasteiger charge is -2.11.